The highest BCUT2D eigenvalue weighted by molar-refractivity contribution is 5.98. The maximum Gasteiger partial charge on any atom is 0.325 e. The van der Waals surface area contributed by atoms with Gasteiger partial charge in [0.1, 0.15) is 12.4 Å². The van der Waals surface area contributed by atoms with Gasteiger partial charge < -0.3 is 10.1 Å². The summed E-state index contributed by atoms with van der Waals surface area (Å²) in [6.45, 7) is 1.27. The lowest BCUT2D eigenvalue weighted by atomic mass is 10.1. The van der Waals surface area contributed by atoms with E-state index in [2.05, 4.69) is 12.2 Å². The number of amides is 1. The van der Waals surface area contributed by atoms with E-state index in [-0.39, 0.29) is 11.3 Å². The molecule has 1 amide bonds. The molecular weight excluding hydrogens is 337 g/mol. The molecule has 0 spiro atoms. The van der Waals surface area contributed by atoms with Crippen molar-refractivity contribution in [2.24, 2.45) is 0 Å². The average Bonchev–Trinajstić information content (AvgIpc) is 2.65. The molecule has 6 heteroatoms. The minimum atomic E-state index is -0.745. The molecule has 0 atom stereocenters. The van der Waals surface area contributed by atoms with Crippen LogP contribution in [0.15, 0.2) is 48.5 Å². The van der Waals surface area contributed by atoms with E-state index in [0.29, 0.717) is 5.56 Å². The number of aryl methyl sites for hydroxylation is 1. The zero-order valence-electron chi connectivity index (χ0n) is 14.5. The van der Waals surface area contributed by atoms with Gasteiger partial charge in [0.15, 0.2) is 12.4 Å². The van der Waals surface area contributed by atoms with Crippen molar-refractivity contribution in [3.8, 4) is 0 Å². The zero-order valence-corrected chi connectivity index (χ0v) is 14.5. The number of benzene rings is 2. The van der Waals surface area contributed by atoms with E-state index in [0.717, 1.165) is 24.5 Å². The first-order chi connectivity index (χ1) is 12.5. The topological polar surface area (TPSA) is 72.5 Å². The summed E-state index contributed by atoms with van der Waals surface area (Å²) < 4.78 is 17.9. The fourth-order valence-corrected chi connectivity index (χ4v) is 2.31. The number of nitrogens with one attached hydrogen (secondary N) is 1. The van der Waals surface area contributed by atoms with Crippen LogP contribution in [-0.2, 0) is 16.0 Å². The first-order valence-corrected chi connectivity index (χ1v) is 8.31. The standard InChI is InChI=1S/C20H20FNO4/c1-2-4-14-7-9-15(10-8-14)18(23)13-26-19(24)12-22-20(25)16-5-3-6-17(21)11-16/h3,5-11H,2,4,12-13H2,1H3,(H,22,25). The normalized spacial score (nSPS) is 10.2. The van der Waals surface area contributed by atoms with E-state index < -0.39 is 30.8 Å². The van der Waals surface area contributed by atoms with Gasteiger partial charge in [-0.1, -0.05) is 43.7 Å². The van der Waals surface area contributed by atoms with Gasteiger partial charge in [0.25, 0.3) is 5.91 Å². The Hall–Kier alpha value is -3.02. The second-order valence-corrected chi connectivity index (χ2v) is 5.72. The summed E-state index contributed by atoms with van der Waals surface area (Å²) in [7, 11) is 0. The fraction of sp³-hybridized carbons (Fsp3) is 0.250. The number of rotatable bonds is 8. The number of ketones is 1. The van der Waals surface area contributed by atoms with Crippen LogP contribution in [0, 0.1) is 5.82 Å². The number of ether oxygens (including phenoxy) is 1. The molecule has 1 N–H and O–H groups in total. The van der Waals surface area contributed by atoms with Crippen LogP contribution >= 0.6 is 0 Å². The molecular formula is C20H20FNO4. The molecule has 0 aliphatic rings. The van der Waals surface area contributed by atoms with Crippen molar-refractivity contribution in [2.75, 3.05) is 13.2 Å². The summed E-state index contributed by atoms with van der Waals surface area (Å²) in [4.78, 5) is 35.5. The average molecular weight is 357 g/mol. The van der Waals surface area contributed by atoms with Crippen LogP contribution in [0.5, 0.6) is 0 Å². The van der Waals surface area contributed by atoms with Crippen molar-refractivity contribution in [3.05, 3.63) is 71.0 Å². The van der Waals surface area contributed by atoms with E-state index in [1.165, 1.54) is 18.2 Å². The molecule has 2 aromatic rings. The number of esters is 1. The monoisotopic (exact) mass is 357 g/mol. The Bertz CT molecular complexity index is 787. The third-order valence-electron chi connectivity index (χ3n) is 3.66. The summed E-state index contributed by atoms with van der Waals surface area (Å²) in [6, 6.07) is 12.2. The van der Waals surface area contributed by atoms with Crippen LogP contribution in [0.4, 0.5) is 4.39 Å². The minimum Gasteiger partial charge on any atom is -0.456 e. The Kier molecular flexibility index (Phi) is 7.02. The number of Topliss-reactive ketones (excluding diaryl/α,β-unsaturated/α-hetero) is 1. The first kappa shape index (κ1) is 19.3. The summed E-state index contributed by atoms with van der Waals surface area (Å²) in [5.74, 6) is -2.21. The number of hydrogen-bond acceptors (Lipinski definition) is 4. The molecule has 0 aliphatic carbocycles. The van der Waals surface area contributed by atoms with Gasteiger partial charge in [0.2, 0.25) is 0 Å². The Labute approximate surface area is 151 Å². The Morgan fingerprint density at radius 1 is 1.04 bits per heavy atom. The van der Waals surface area contributed by atoms with Crippen molar-refractivity contribution in [2.45, 2.75) is 19.8 Å². The Morgan fingerprint density at radius 2 is 1.77 bits per heavy atom. The lowest BCUT2D eigenvalue weighted by molar-refractivity contribution is -0.141. The lowest BCUT2D eigenvalue weighted by Crippen LogP contribution is -2.31. The number of carbonyl (C=O) groups excluding carboxylic acids is 3. The van der Waals surface area contributed by atoms with Crippen LogP contribution in [0.2, 0.25) is 0 Å². The van der Waals surface area contributed by atoms with E-state index in [1.807, 2.05) is 12.1 Å². The van der Waals surface area contributed by atoms with Crippen LogP contribution in [0.3, 0.4) is 0 Å². The third-order valence-corrected chi connectivity index (χ3v) is 3.66. The lowest BCUT2D eigenvalue weighted by Gasteiger charge is -2.07. The fourth-order valence-electron chi connectivity index (χ4n) is 2.31. The Morgan fingerprint density at radius 3 is 2.42 bits per heavy atom. The van der Waals surface area contributed by atoms with Crippen molar-refractivity contribution >= 4 is 17.7 Å². The van der Waals surface area contributed by atoms with Crippen LogP contribution in [-0.4, -0.2) is 30.8 Å². The van der Waals surface area contributed by atoms with E-state index in [4.69, 9.17) is 4.74 Å². The van der Waals surface area contributed by atoms with Crippen LogP contribution in [0.25, 0.3) is 0 Å². The molecule has 2 rings (SSSR count). The molecule has 5 nitrogen and oxygen atoms in total. The molecule has 136 valence electrons. The molecule has 0 aromatic heterocycles. The smallest absolute Gasteiger partial charge is 0.325 e. The predicted octanol–water partition coefficient (Wildman–Crippen LogP) is 2.93. The molecule has 0 aliphatic heterocycles. The molecule has 26 heavy (non-hydrogen) atoms. The summed E-state index contributed by atoms with van der Waals surface area (Å²) in [5, 5.41) is 2.32. The Balaban J connectivity index is 1.77. The maximum absolute atomic E-state index is 13.1. The second kappa shape index (κ2) is 9.46. The number of halogens is 1. The van der Waals surface area contributed by atoms with Crippen molar-refractivity contribution in [3.63, 3.8) is 0 Å². The first-order valence-electron chi connectivity index (χ1n) is 8.31. The highest BCUT2D eigenvalue weighted by atomic mass is 19.1. The highest BCUT2D eigenvalue weighted by Crippen LogP contribution is 2.08. The van der Waals surface area contributed by atoms with Gasteiger partial charge in [-0.15, -0.1) is 0 Å². The van der Waals surface area contributed by atoms with Gasteiger partial charge in [0, 0.05) is 11.1 Å². The minimum absolute atomic E-state index is 0.0982. The maximum atomic E-state index is 13.1. The van der Waals surface area contributed by atoms with E-state index in [1.54, 1.807) is 12.1 Å². The molecule has 0 radical (unpaired) electrons. The van der Waals surface area contributed by atoms with Gasteiger partial charge in [-0.05, 0) is 30.2 Å². The molecule has 0 saturated carbocycles. The molecule has 0 unspecified atom stereocenters. The highest BCUT2D eigenvalue weighted by Gasteiger charge is 2.12. The van der Waals surface area contributed by atoms with Gasteiger partial charge in [-0.3, -0.25) is 14.4 Å². The van der Waals surface area contributed by atoms with E-state index >= 15 is 0 Å². The molecule has 0 saturated heterocycles. The summed E-state index contributed by atoms with van der Waals surface area (Å²) in [6.07, 6.45) is 1.96. The van der Waals surface area contributed by atoms with Crippen molar-refractivity contribution < 1.29 is 23.5 Å². The third kappa shape index (κ3) is 5.81. The van der Waals surface area contributed by atoms with Gasteiger partial charge in [-0.2, -0.15) is 0 Å². The SMILES string of the molecule is CCCc1ccc(C(=O)COC(=O)CNC(=O)c2cccc(F)c2)cc1. The summed E-state index contributed by atoms with van der Waals surface area (Å²) >= 11 is 0. The van der Waals surface area contributed by atoms with Gasteiger partial charge >= 0.3 is 5.97 Å². The molecule has 0 bridgehead atoms. The van der Waals surface area contributed by atoms with Crippen molar-refractivity contribution in [1.29, 1.82) is 0 Å². The molecule has 2 aromatic carbocycles. The summed E-state index contributed by atoms with van der Waals surface area (Å²) in [5.41, 5.74) is 1.70. The quantitative estimate of drug-likeness (QED) is 0.582. The zero-order chi connectivity index (χ0) is 18.9. The van der Waals surface area contributed by atoms with Gasteiger partial charge in [0.05, 0.1) is 0 Å². The predicted molar refractivity (Wildman–Crippen MR) is 94.5 cm³/mol. The number of carbonyl (C=O) groups is 3. The largest absolute Gasteiger partial charge is 0.456 e. The van der Waals surface area contributed by atoms with Crippen molar-refractivity contribution in [1.82, 2.24) is 5.32 Å². The van der Waals surface area contributed by atoms with Crippen LogP contribution in [0.1, 0.15) is 39.6 Å². The number of hydrogen-bond donors (Lipinski definition) is 1. The van der Waals surface area contributed by atoms with E-state index in [9.17, 15) is 18.8 Å². The van der Waals surface area contributed by atoms with Crippen LogP contribution < -0.4 is 5.32 Å². The molecule has 0 heterocycles. The second-order valence-electron chi connectivity index (χ2n) is 5.72. The van der Waals surface area contributed by atoms with Gasteiger partial charge in [-0.25, -0.2) is 4.39 Å². The molecule has 0 fully saturated rings.